The Labute approximate surface area is 180 Å². The minimum atomic E-state index is 0.396. The molecule has 0 saturated carbocycles. The smallest absolute Gasteiger partial charge is 0.144 e. The minimum absolute atomic E-state index is 0.396. The number of aryl methyl sites for hydroxylation is 1. The maximum Gasteiger partial charge on any atom is 0.144 e. The molecule has 4 aromatic rings. The van der Waals surface area contributed by atoms with Crippen LogP contribution in [-0.2, 0) is 0 Å². The Morgan fingerprint density at radius 3 is 1.67 bits per heavy atom. The standard InChI is InChI=1S/C28H30N2/c1-19(2)25-16-24(22-12-8-6-9-13-22)17-26(20(3)4)27(25)30-18-21(5)29-28(30)23-14-10-7-11-15-23/h6-20H,1-5H3. The Hall–Kier alpha value is -3.13. The quantitative estimate of drug-likeness (QED) is 0.338. The fourth-order valence-electron chi connectivity index (χ4n) is 4.09. The van der Waals surface area contributed by atoms with E-state index in [0.717, 1.165) is 17.1 Å². The lowest BCUT2D eigenvalue weighted by Crippen LogP contribution is -2.08. The van der Waals surface area contributed by atoms with Gasteiger partial charge >= 0.3 is 0 Å². The lowest BCUT2D eigenvalue weighted by molar-refractivity contribution is 0.807. The lowest BCUT2D eigenvalue weighted by atomic mass is 9.88. The third kappa shape index (κ3) is 3.82. The van der Waals surface area contributed by atoms with Crippen LogP contribution in [0.15, 0.2) is 79.0 Å². The van der Waals surface area contributed by atoms with Crippen LogP contribution in [-0.4, -0.2) is 9.55 Å². The van der Waals surface area contributed by atoms with Gasteiger partial charge in [-0.1, -0.05) is 88.4 Å². The summed E-state index contributed by atoms with van der Waals surface area (Å²) in [7, 11) is 0. The summed E-state index contributed by atoms with van der Waals surface area (Å²) >= 11 is 0. The van der Waals surface area contributed by atoms with Gasteiger partial charge in [0.1, 0.15) is 5.82 Å². The third-order valence-electron chi connectivity index (χ3n) is 5.62. The van der Waals surface area contributed by atoms with Gasteiger partial charge in [-0.3, -0.25) is 4.57 Å². The van der Waals surface area contributed by atoms with Crippen molar-refractivity contribution < 1.29 is 0 Å². The molecule has 0 atom stereocenters. The Morgan fingerprint density at radius 2 is 1.17 bits per heavy atom. The van der Waals surface area contributed by atoms with E-state index in [1.807, 2.05) is 0 Å². The number of hydrogen-bond acceptors (Lipinski definition) is 1. The van der Waals surface area contributed by atoms with Gasteiger partial charge in [0.15, 0.2) is 0 Å². The molecule has 0 amide bonds. The normalized spacial score (nSPS) is 11.4. The Morgan fingerprint density at radius 1 is 0.667 bits per heavy atom. The number of hydrogen-bond donors (Lipinski definition) is 0. The lowest BCUT2D eigenvalue weighted by Gasteiger charge is -2.23. The molecule has 1 aromatic heterocycles. The molecule has 0 aliphatic rings. The number of rotatable bonds is 5. The van der Waals surface area contributed by atoms with Gasteiger partial charge in [-0.15, -0.1) is 0 Å². The first-order valence-corrected chi connectivity index (χ1v) is 10.8. The molecule has 0 aliphatic heterocycles. The number of aromatic nitrogens is 2. The van der Waals surface area contributed by atoms with Crippen LogP contribution >= 0.6 is 0 Å². The van der Waals surface area contributed by atoms with E-state index in [0.29, 0.717) is 11.8 Å². The Kier molecular flexibility index (Phi) is 5.59. The average Bonchev–Trinajstić information content (AvgIpc) is 3.15. The predicted molar refractivity (Wildman–Crippen MR) is 127 cm³/mol. The predicted octanol–water partition coefficient (Wildman–Crippen LogP) is 7.76. The first-order chi connectivity index (χ1) is 14.5. The summed E-state index contributed by atoms with van der Waals surface area (Å²) in [6, 6.07) is 25.9. The zero-order valence-electron chi connectivity index (χ0n) is 18.6. The van der Waals surface area contributed by atoms with Gasteiger partial charge in [0.25, 0.3) is 0 Å². The second-order valence-corrected chi connectivity index (χ2v) is 8.62. The zero-order valence-corrected chi connectivity index (χ0v) is 18.6. The molecule has 0 fully saturated rings. The van der Waals surface area contributed by atoms with E-state index in [2.05, 4.69) is 118 Å². The van der Waals surface area contributed by atoms with Crippen molar-refractivity contribution in [3.8, 4) is 28.2 Å². The van der Waals surface area contributed by atoms with Crippen molar-refractivity contribution in [3.05, 3.63) is 95.8 Å². The van der Waals surface area contributed by atoms with Crippen LogP contribution in [0.1, 0.15) is 56.4 Å². The third-order valence-corrected chi connectivity index (χ3v) is 5.62. The fourth-order valence-corrected chi connectivity index (χ4v) is 4.09. The van der Waals surface area contributed by atoms with Crippen LogP contribution < -0.4 is 0 Å². The van der Waals surface area contributed by atoms with Crippen molar-refractivity contribution in [2.75, 3.05) is 0 Å². The summed E-state index contributed by atoms with van der Waals surface area (Å²) in [5.41, 5.74) is 8.71. The molecule has 0 spiro atoms. The van der Waals surface area contributed by atoms with Crippen LogP contribution in [0, 0.1) is 6.92 Å². The molecular weight excluding hydrogens is 364 g/mol. The van der Waals surface area contributed by atoms with Crippen LogP contribution in [0.2, 0.25) is 0 Å². The van der Waals surface area contributed by atoms with E-state index in [9.17, 15) is 0 Å². The van der Waals surface area contributed by atoms with Crippen molar-refractivity contribution in [2.24, 2.45) is 0 Å². The van der Waals surface area contributed by atoms with Gasteiger partial charge < -0.3 is 0 Å². The summed E-state index contributed by atoms with van der Waals surface area (Å²) in [5.74, 6) is 1.80. The van der Waals surface area contributed by atoms with Gasteiger partial charge in [0, 0.05) is 11.8 Å². The summed E-state index contributed by atoms with van der Waals surface area (Å²) in [6.07, 6.45) is 2.18. The second kappa shape index (κ2) is 8.31. The molecule has 0 bridgehead atoms. The second-order valence-electron chi connectivity index (χ2n) is 8.62. The van der Waals surface area contributed by atoms with E-state index in [1.54, 1.807) is 0 Å². The number of nitrogens with zero attached hydrogens (tertiary/aromatic N) is 2. The van der Waals surface area contributed by atoms with Crippen LogP contribution in [0.25, 0.3) is 28.2 Å². The molecule has 1 heterocycles. The first kappa shape index (κ1) is 20.2. The largest absolute Gasteiger partial charge is 0.299 e. The van der Waals surface area contributed by atoms with Crippen molar-refractivity contribution in [1.82, 2.24) is 9.55 Å². The maximum absolute atomic E-state index is 4.90. The zero-order chi connectivity index (χ0) is 21.3. The molecule has 0 N–H and O–H groups in total. The van der Waals surface area contributed by atoms with Crippen LogP contribution in [0.5, 0.6) is 0 Å². The van der Waals surface area contributed by atoms with E-state index in [-0.39, 0.29) is 0 Å². The summed E-state index contributed by atoms with van der Waals surface area (Å²) in [5, 5.41) is 0. The first-order valence-electron chi connectivity index (χ1n) is 10.8. The highest BCUT2D eigenvalue weighted by molar-refractivity contribution is 5.71. The van der Waals surface area contributed by atoms with Gasteiger partial charge in [-0.25, -0.2) is 4.98 Å². The average molecular weight is 395 g/mol. The van der Waals surface area contributed by atoms with Gasteiger partial charge in [0.2, 0.25) is 0 Å². The molecule has 2 nitrogen and oxygen atoms in total. The number of benzene rings is 3. The molecule has 4 rings (SSSR count). The highest BCUT2D eigenvalue weighted by atomic mass is 15.1. The molecule has 3 aromatic carbocycles. The highest BCUT2D eigenvalue weighted by Gasteiger charge is 2.21. The Balaban J connectivity index is 2.01. The molecule has 2 heteroatoms. The van der Waals surface area contributed by atoms with Gasteiger partial charge in [0.05, 0.1) is 11.4 Å². The molecule has 0 saturated heterocycles. The SMILES string of the molecule is Cc1cn(-c2c(C(C)C)cc(-c3ccccc3)cc2C(C)C)c(-c2ccccc2)n1. The molecule has 0 aliphatic carbocycles. The summed E-state index contributed by atoms with van der Waals surface area (Å²) in [6.45, 7) is 11.2. The van der Waals surface area contributed by atoms with Crippen LogP contribution in [0.3, 0.4) is 0 Å². The Bertz CT molecular complexity index is 1110. The molecule has 152 valence electrons. The summed E-state index contributed by atoms with van der Waals surface area (Å²) < 4.78 is 2.31. The van der Waals surface area contributed by atoms with Crippen molar-refractivity contribution in [2.45, 2.75) is 46.5 Å². The molecule has 30 heavy (non-hydrogen) atoms. The van der Waals surface area contributed by atoms with Crippen LogP contribution in [0.4, 0.5) is 0 Å². The van der Waals surface area contributed by atoms with E-state index < -0.39 is 0 Å². The fraction of sp³-hybridized carbons (Fsp3) is 0.250. The maximum atomic E-state index is 4.90. The van der Waals surface area contributed by atoms with E-state index in [1.165, 1.54) is 27.9 Å². The van der Waals surface area contributed by atoms with Crippen molar-refractivity contribution in [3.63, 3.8) is 0 Å². The van der Waals surface area contributed by atoms with Gasteiger partial charge in [-0.05, 0) is 53.1 Å². The molecule has 0 radical (unpaired) electrons. The van der Waals surface area contributed by atoms with E-state index >= 15 is 0 Å². The van der Waals surface area contributed by atoms with E-state index in [4.69, 9.17) is 4.98 Å². The van der Waals surface area contributed by atoms with Crippen molar-refractivity contribution in [1.29, 1.82) is 0 Å². The van der Waals surface area contributed by atoms with Crippen molar-refractivity contribution >= 4 is 0 Å². The monoisotopic (exact) mass is 394 g/mol. The summed E-state index contributed by atoms with van der Waals surface area (Å²) in [4.78, 5) is 4.90. The molecule has 0 unspecified atom stereocenters. The highest BCUT2D eigenvalue weighted by Crippen LogP contribution is 2.38. The molecular formula is C28H30N2. The topological polar surface area (TPSA) is 17.8 Å². The van der Waals surface area contributed by atoms with Gasteiger partial charge in [-0.2, -0.15) is 0 Å². The number of imidazole rings is 1. The minimum Gasteiger partial charge on any atom is -0.299 e.